The molecule has 0 saturated carbocycles. The average molecular weight is 469 g/mol. The predicted octanol–water partition coefficient (Wildman–Crippen LogP) is 3.83. The van der Waals surface area contributed by atoms with E-state index in [9.17, 15) is 26.0 Å². The van der Waals surface area contributed by atoms with E-state index in [0.717, 1.165) is 12.4 Å². The number of hydrogen-bond acceptors (Lipinski definition) is 6. The summed E-state index contributed by atoms with van der Waals surface area (Å²) in [7, 11) is -3.13. The summed E-state index contributed by atoms with van der Waals surface area (Å²) in [5, 5.41) is -0.131. The highest BCUT2D eigenvalue weighted by atomic mass is 35.5. The highest BCUT2D eigenvalue weighted by Crippen LogP contribution is 2.37. The number of sulfonamides is 1. The molecule has 1 aromatic carbocycles. The largest absolute Gasteiger partial charge is 0.481 e. The molecule has 8 nitrogen and oxygen atoms in total. The molecular formula is C16H13ClF4N4O4S. The first kappa shape index (κ1) is 21.9. The van der Waals surface area contributed by atoms with Crippen molar-refractivity contribution in [1.82, 2.24) is 15.0 Å². The van der Waals surface area contributed by atoms with Gasteiger partial charge < -0.3 is 14.5 Å². The number of aromatic amines is 1. The van der Waals surface area contributed by atoms with Crippen LogP contribution in [0.1, 0.15) is 5.56 Å². The van der Waals surface area contributed by atoms with Crippen molar-refractivity contribution in [3.05, 3.63) is 35.1 Å². The molecule has 30 heavy (non-hydrogen) atoms. The highest BCUT2D eigenvalue weighted by Gasteiger charge is 2.24. The van der Waals surface area contributed by atoms with E-state index >= 15 is 0 Å². The van der Waals surface area contributed by atoms with Crippen LogP contribution in [0.5, 0.6) is 11.6 Å². The standard InChI is InChI=1S/C16H13ClF4N4O4S/c1-28-14-7(4-11(18)19)5-23-16(24-14)25-30(26,27)10-6-22-12-8(10)2-3-9(17)13(12)29-15(20)21/h2-3,5-6,11,15,22H,4H2,1H3,(H,23,24,25). The van der Waals surface area contributed by atoms with Crippen LogP contribution < -0.4 is 14.2 Å². The van der Waals surface area contributed by atoms with Gasteiger partial charge in [-0.1, -0.05) is 11.6 Å². The lowest BCUT2D eigenvalue weighted by molar-refractivity contribution is -0.0488. The fourth-order valence-corrected chi connectivity index (χ4v) is 3.97. The van der Waals surface area contributed by atoms with Crippen molar-refractivity contribution in [2.24, 2.45) is 0 Å². The number of halogens is 5. The maximum atomic E-state index is 12.8. The topological polar surface area (TPSA) is 106 Å². The average Bonchev–Trinajstić information content (AvgIpc) is 3.09. The quantitative estimate of drug-likeness (QED) is 0.487. The molecular weight excluding hydrogens is 456 g/mol. The van der Waals surface area contributed by atoms with Gasteiger partial charge in [0.2, 0.25) is 18.3 Å². The number of nitrogens with zero attached hydrogens (tertiary/aromatic N) is 2. The van der Waals surface area contributed by atoms with Gasteiger partial charge in [-0.25, -0.2) is 26.9 Å². The van der Waals surface area contributed by atoms with Crippen LogP contribution in [-0.2, 0) is 16.4 Å². The Balaban J connectivity index is 1.97. The summed E-state index contributed by atoms with van der Waals surface area (Å²) in [6.45, 7) is -3.18. The van der Waals surface area contributed by atoms with Crippen molar-refractivity contribution in [1.29, 1.82) is 0 Å². The molecule has 0 spiro atoms. The molecule has 0 atom stereocenters. The normalized spacial score (nSPS) is 12.0. The number of nitrogens with one attached hydrogen (secondary N) is 2. The SMILES string of the molecule is COc1nc(NS(=O)(=O)c2c[nH]c3c(OC(F)F)c(Cl)ccc23)ncc1CC(F)F. The van der Waals surface area contributed by atoms with Gasteiger partial charge in [0.05, 0.1) is 17.6 Å². The number of methoxy groups -OCH3 is 1. The maximum Gasteiger partial charge on any atom is 0.387 e. The van der Waals surface area contributed by atoms with Crippen LogP contribution in [0.25, 0.3) is 10.9 Å². The maximum absolute atomic E-state index is 12.8. The number of benzene rings is 1. The molecule has 0 aliphatic carbocycles. The van der Waals surface area contributed by atoms with Crippen LogP contribution in [0.3, 0.4) is 0 Å². The lowest BCUT2D eigenvalue weighted by Gasteiger charge is -2.10. The second kappa shape index (κ2) is 8.52. The molecule has 0 bridgehead atoms. The Morgan fingerprint density at radius 2 is 2.00 bits per heavy atom. The van der Waals surface area contributed by atoms with Gasteiger partial charge in [-0.2, -0.15) is 13.8 Å². The molecule has 162 valence electrons. The summed E-state index contributed by atoms with van der Waals surface area (Å²) in [6.07, 6.45) is -1.29. The fourth-order valence-electron chi connectivity index (χ4n) is 2.65. The Labute approximate surface area is 172 Å². The van der Waals surface area contributed by atoms with E-state index in [0.29, 0.717) is 0 Å². The minimum Gasteiger partial charge on any atom is -0.481 e. The zero-order chi connectivity index (χ0) is 22.1. The van der Waals surface area contributed by atoms with Gasteiger partial charge in [-0.05, 0) is 12.1 Å². The molecule has 0 amide bonds. The zero-order valence-electron chi connectivity index (χ0n) is 15.0. The van der Waals surface area contributed by atoms with Gasteiger partial charge in [0.15, 0.2) is 5.75 Å². The van der Waals surface area contributed by atoms with E-state index in [4.69, 9.17) is 16.3 Å². The van der Waals surface area contributed by atoms with Crippen molar-refractivity contribution < 1.29 is 35.5 Å². The number of hydrogen-bond donors (Lipinski definition) is 2. The zero-order valence-corrected chi connectivity index (χ0v) is 16.6. The summed E-state index contributed by atoms with van der Waals surface area (Å²) in [5.41, 5.74) is -0.0695. The Bertz CT molecular complexity index is 1170. The van der Waals surface area contributed by atoms with Gasteiger partial charge in [-0.3, -0.25) is 0 Å². The summed E-state index contributed by atoms with van der Waals surface area (Å²) >= 11 is 5.85. The molecule has 0 fully saturated rings. The summed E-state index contributed by atoms with van der Waals surface area (Å²) in [4.78, 5) is 9.71. The third-order valence-corrected chi connectivity index (χ3v) is 5.50. The van der Waals surface area contributed by atoms with E-state index in [-0.39, 0.29) is 32.3 Å². The van der Waals surface area contributed by atoms with Crippen molar-refractivity contribution in [3.8, 4) is 11.6 Å². The highest BCUT2D eigenvalue weighted by molar-refractivity contribution is 7.93. The second-order valence-corrected chi connectivity index (χ2v) is 7.82. The van der Waals surface area contributed by atoms with Crippen LogP contribution in [0.2, 0.25) is 5.02 Å². The van der Waals surface area contributed by atoms with Crippen LogP contribution in [-0.4, -0.2) is 43.5 Å². The fraction of sp³-hybridized carbons (Fsp3) is 0.250. The van der Waals surface area contributed by atoms with Crippen LogP contribution in [0.15, 0.2) is 29.4 Å². The van der Waals surface area contributed by atoms with Gasteiger partial charge in [0.25, 0.3) is 10.0 Å². The molecule has 2 heterocycles. The molecule has 2 N–H and O–H groups in total. The molecule has 0 aliphatic heterocycles. The number of H-pyrrole nitrogens is 1. The first-order valence-electron chi connectivity index (χ1n) is 8.07. The van der Waals surface area contributed by atoms with E-state index in [1.54, 1.807) is 0 Å². The van der Waals surface area contributed by atoms with E-state index in [2.05, 4.69) is 24.4 Å². The molecule has 0 radical (unpaired) electrons. The van der Waals surface area contributed by atoms with Crippen molar-refractivity contribution in [2.45, 2.75) is 24.4 Å². The van der Waals surface area contributed by atoms with Gasteiger partial charge in [0.1, 0.15) is 4.90 Å². The molecule has 0 saturated heterocycles. The van der Waals surface area contributed by atoms with Gasteiger partial charge >= 0.3 is 6.61 Å². The Kier molecular flexibility index (Phi) is 6.22. The predicted molar refractivity (Wildman–Crippen MR) is 99.0 cm³/mol. The Hall–Kier alpha value is -2.80. The van der Waals surface area contributed by atoms with Crippen molar-refractivity contribution >= 4 is 38.5 Å². The molecule has 0 aliphatic rings. The lowest BCUT2D eigenvalue weighted by Crippen LogP contribution is -2.15. The molecule has 3 aromatic rings. The van der Waals surface area contributed by atoms with Crippen molar-refractivity contribution in [3.63, 3.8) is 0 Å². The first-order chi connectivity index (χ1) is 14.1. The third kappa shape index (κ3) is 4.51. The number of ether oxygens (including phenoxy) is 2. The summed E-state index contributed by atoms with van der Waals surface area (Å²) < 4.78 is 87.3. The van der Waals surface area contributed by atoms with E-state index in [1.807, 2.05) is 0 Å². The Morgan fingerprint density at radius 3 is 2.63 bits per heavy atom. The number of alkyl halides is 4. The Morgan fingerprint density at radius 1 is 1.27 bits per heavy atom. The van der Waals surface area contributed by atoms with Crippen LogP contribution in [0.4, 0.5) is 23.5 Å². The minimum absolute atomic E-state index is 0.00836. The first-order valence-corrected chi connectivity index (χ1v) is 9.93. The second-order valence-electron chi connectivity index (χ2n) is 5.76. The van der Waals surface area contributed by atoms with Crippen LogP contribution in [0, 0.1) is 0 Å². The molecule has 0 unspecified atom stereocenters. The van der Waals surface area contributed by atoms with Gasteiger partial charge in [-0.15, -0.1) is 0 Å². The van der Waals surface area contributed by atoms with Crippen LogP contribution >= 0.6 is 11.6 Å². The third-order valence-electron chi connectivity index (χ3n) is 3.84. The number of rotatable bonds is 8. The van der Waals surface area contributed by atoms with E-state index < -0.39 is 41.2 Å². The summed E-state index contributed by atoms with van der Waals surface area (Å²) in [6, 6.07) is 2.50. The molecule has 2 aromatic heterocycles. The number of fused-ring (bicyclic) bond motifs is 1. The van der Waals surface area contributed by atoms with Gasteiger partial charge in [0, 0.05) is 29.8 Å². The number of anilines is 1. The number of aromatic nitrogens is 3. The monoisotopic (exact) mass is 468 g/mol. The van der Waals surface area contributed by atoms with E-state index in [1.165, 1.54) is 19.2 Å². The minimum atomic E-state index is -4.31. The lowest BCUT2D eigenvalue weighted by atomic mass is 10.2. The van der Waals surface area contributed by atoms with Crippen molar-refractivity contribution in [2.75, 3.05) is 11.8 Å². The summed E-state index contributed by atoms with van der Waals surface area (Å²) in [5.74, 6) is -1.07. The smallest absolute Gasteiger partial charge is 0.387 e. The molecule has 3 rings (SSSR count). The molecule has 14 heteroatoms.